The zero-order chi connectivity index (χ0) is 11.8. The second kappa shape index (κ2) is 7.74. The molecule has 4 heteroatoms. The van der Waals surface area contributed by atoms with Gasteiger partial charge in [0.2, 0.25) is 0 Å². The number of thioether (sulfide) groups is 1. The van der Waals surface area contributed by atoms with Crippen LogP contribution in [0.4, 0.5) is 0 Å². The summed E-state index contributed by atoms with van der Waals surface area (Å²) >= 11 is 1.59. The minimum atomic E-state index is -1.02. The SMILES string of the molecule is CCCSC(CC(C)C)C(=O)CC(=O)O. The summed E-state index contributed by atoms with van der Waals surface area (Å²) in [7, 11) is 0. The van der Waals surface area contributed by atoms with Crippen molar-refractivity contribution in [2.24, 2.45) is 5.92 Å². The van der Waals surface area contributed by atoms with Crippen LogP contribution in [0.1, 0.15) is 40.0 Å². The first-order chi connectivity index (χ1) is 6.97. The summed E-state index contributed by atoms with van der Waals surface area (Å²) in [6, 6.07) is 0. The van der Waals surface area contributed by atoms with Crippen LogP contribution in [0.5, 0.6) is 0 Å². The Morgan fingerprint density at radius 1 is 1.33 bits per heavy atom. The molecule has 0 aliphatic rings. The Labute approximate surface area is 95.6 Å². The third-order valence-electron chi connectivity index (χ3n) is 1.89. The van der Waals surface area contributed by atoms with Crippen molar-refractivity contribution in [3.8, 4) is 0 Å². The largest absolute Gasteiger partial charge is 0.481 e. The lowest BCUT2D eigenvalue weighted by Crippen LogP contribution is -2.22. The second-order valence-electron chi connectivity index (χ2n) is 4.03. The fraction of sp³-hybridized carbons (Fsp3) is 0.818. The predicted molar refractivity (Wildman–Crippen MR) is 63.3 cm³/mol. The maximum absolute atomic E-state index is 11.6. The third-order valence-corrected chi connectivity index (χ3v) is 3.39. The van der Waals surface area contributed by atoms with E-state index in [-0.39, 0.29) is 17.5 Å². The van der Waals surface area contributed by atoms with Gasteiger partial charge >= 0.3 is 5.97 Å². The fourth-order valence-electron chi connectivity index (χ4n) is 1.24. The molecule has 0 aliphatic heterocycles. The molecule has 0 heterocycles. The molecule has 0 saturated carbocycles. The number of carboxylic acids is 1. The molecule has 0 saturated heterocycles. The molecule has 0 aromatic carbocycles. The van der Waals surface area contributed by atoms with Gasteiger partial charge in [-0.1, -0.05) is 20.8 Å². The van der Waals surface area contributed by atoms with E-state index in [4.69, 9.17) is 5.11 Å². The number of hydrogen-bond donors (Lipinski definition) is 1. The van der Waals surface area contributed by atoms with Crippen LogP contribution in [0.15, 0.2) is 0 Å². The topological polar surface area (TPSA) is 54.4 Å². The van der Waals surface area contributed by atoms with Gasteiger partial charge in [-0.15, -0.1) is 0 Å². The average Bonchev–Trinajstić information content (AvgIpc) is 2.10. The molecule has 0 rings (SSSR count). The van der Waals surface area contributed by atoms with Crippen molar-refractivity contribution in [1.29, 1.82) is 0 Å². The predicted octanol–water partition coefficient (Wildman–Crippen LogP) is 2.59. The highest BCUT2D eigenvalue weighted by Gasteiger charge is 2.21. The molecule has 0 aliphatic carbocycles. The summed E-state index contributed by atoms with van der Waals surface area (Å²) in [5, 5.41) is 8.42. The molecule has 1 unspecified atom stereocenters. The Bertz CT molecular complexity index is 214. The molecule has 0 bridgehead atoms. The summed E-state index contributed by atoms with van der Waals surface area (Å²) in [4.78, 5) is 22.0. The zero-order valence-electron chi connectivity index (χ0n) is 9.66. The molecule has 15 heavy (non-hydrogen) atoms. The van der Waals surface area contributed by atoms with Crippen LogP contribution in [-0.4, -0.2) is 27.9 Å². The van der Waals surface area contributed by atoms with E-state index in [1.807, 2.05) is 13.8 Å². The first kappa shape index (κ1) is 14.5. The summed E-state index contributed by atoms with van der Waals surface area (Å²) in [5.74, 6) is 0.181. The normalized spacial score (nSPS) is 12.8. The van der Waals surface area contributed by atoms with E-state index in [2.05, 4.69) is 6.92 Å². The number of ketones is 1. The van der Waals surface area contributed by atoms with E-state index in [9.17, 15) is 9.59 Å². The minimum absolute atomic E-state index is 0.138. The lowest BCUT2D eigenvalue weighted by molar-refractivity contribution is -0.140. The lowest BCUT2D eigenvalue weighted by atomic mass is 10.0. The highest BCUT2D eigenvalue weighted by Crippen LogP contribution is 2.22. The van der Waals surface area contributed by atoms with E-state index in [1.165, 1.54) is 0 Å². The van der Waals surface area contributed by atoms with Gasteiger partial charge in [-0.3, -0.25) is 9.59 Å². The van der Waals surface area contributed by atoms with Gasteiger partial charge in [0.25, 0.3) is 0 Å². The molecule has 0 amide bonds. The van der Waals surface area contributed by atoms with Crippen LogP contribution in [0.3, 0.4) is 0 Å². The van der Waals surface area contributed by atoms with Crippen molar-refractivity contribution in [3.05, 3.63) is 0 Å². The van der Waals surface area contributed by atoms with Crippen molar-refractivity contribution in [2.75, 3.05) is 5.75 Å². The summed E-state index contributed by atoms with van der Waals surface area (Å²) in [6.07, 6.45) is 1.45. The Hall–Kier alpha value is -0.510. The molecule has 0 fully saturated rings. The average molecular weight is 232 g/mol. The first-order valence-corrected chi connectivity index (χ1v) is 6.38. The molecule has 0 aromatic heterocycles. The van der Waals surface area contributed by atoms with Crippen LogP contribution in [0, 0.1) is 5.92 Å². The summed E-state index contributed by atoms with van der Waals surface area (Å²) < 4.78 is 0. The van der Waals surface area contributed by atoms with Crippen LogP contribution < -0.4 is 0 Å². The number of carboxylic acid groups (broad SMARTS) is 1. The maximum Gasteiger partial charge on any atom is 0.310 e. The molecule has 0 aromatic rings. The highest BCUT2D eigenvalue weighted by molar-refractivity contribution is 8.00. The molecular formula is C11H20O3S. The van der Waals surface area contributed by atoms with Crippen molar-refractivity contribution in [2.45, 2.75) is 45.3 Å². The van der Waals surface area contributed by atoms with Crippen LogP contribution in [-0.2, 0) is 9.59 Å². The van der Waals surface area contributed by atoms with Gasteiger partial charge in [0.05, 0.1) is 5.25 Å². The van der Waals surface area contributed by atoms with Crippen molar-refractivity contribution >= 4 is 23.5 Å². The van der Waals surface area contributed by atoms with E-state index in [0.29, 0.717) is 5.92 Å². The molecule has 0 radical (unpaired) electrons. The standard InChI is InChI=1S/C11H20O3S/c1-4-5-15-10(6-8(2)3)9(12)7-11(13)14/h8,10H,4-7H2,1-3H3,(H,13,14). The third kappa shape index (κ3) is 7.42. The minimum Gasteiger partial charge on any atom is -0.481 e. The van der Waals surface area contributed by atoms with Gasteiger partial charge in [-0.2, -0.15) is 11.8 Å². The molecular weight excluding hydrogens is 212 g/mol. The Kier molecular flexibility index (Phi) is 7.48. The number of carbonyl (C=O) groups is 2. The number of aliphatic carboxylic acids is 1. The number of hydrogen-bond acceptors (Lipinski definition) is 3. The lowest BCUT2D eigenvalue weighted by Gasteiger charge is -2.16. The second-order valence-corrected chi connectivity index (χ2v) is 5.34. The molecule has 88 valence electrons. The Morgan fingerprint density at radius 3 is 2.33 bits per heavy atom. The van der Waals surface area contributed by atoms with Crippen molar-refractivity contribution < 1.29 is 14.7 Å². The van der Waals surface area contributed by atoms with Gasteiger partial charge in [-0.05, 0) is 24.5 Å². The molecule has 3 nitrogen and oxygen atoms in total. The van der Waals surface area contributed by atoms with Crippen LogP contribution >= 0.6 is 11.8 Å². The van der Waals surface area contributed by atoms with Crippen molar-refractivity contribution in [3.63, 3.8) is 0 Å². The van der Waals surface area contributed by atoms with Gasteiger partial charge in [0.15, 0.2) is 5.78 Å². The van der Waals surface area contributed by atoms with E-state index in [0.717, 1.165) is 18.6 Å². The molecule has 1 atom stereocenters. The number of Topliss-reactive ketones (excluding diaryl/α,β-unsaturated/α-hetero) is 1. The van der Waals surface area contributed by atoms with Gasteiger partial charge < -0.3 is 5.11 Å². The van der Waals surface area contributed by atoms with E-state index >= 15 is 0 Å². The van der Waals surface area contributed by atoms with Gasteiger partial charge in [-0.25, -0.2) is 0 Å². The van der Waals surface area contributed by atoms with E-state index < -0.39 is 5.97 Å². The summed E-state index contributed by atoms with van der Waals surface area (Å²) in [6.45, 7) is 6.15. The van der Waals surface area contributed by atoms with Crippen molar-refractivity contribution in [1.82, 2.24) is 0 Å². The zero-order valence-corrected chi connectivity index (χ0v) is 10.5. The number of rotatable bonds is 8. The van der Waals surface area contributed by atoms with Gasteiger partial charge in [0.1, 0.15) is 6.42 Å². The Balaban J connectivity index is 4.20. The Morgan fingerprint density at radius 2 is 1.93 bits per heavy atom. The smallest absolute Gasteiger partial charge is 0.310 e. The molecule has 0 spiro atoms. The fourth-order valence-corrected chi connectivity index (χ4v) is 2.55. The quantitative estimate of drug-likeness (QED) is 0.653. The summed E-state index contributed by atoms with van der Waals surface area (Å²) in [5.41, 5.74) is 0. The first-order valence-electron chi connectivity index (χ1n) is 5.33. The van der Waals surface area contributed by atoms with Crippen LogP contribution in [0.25, 0.3) is 0 Å². The van der Waals surface area contributed by atoms with E-state index in [1.54, 1.807) is 11.8 Å². The maximum atomic E-state index is 11.6. The highest BCUT2D eigenvalue weighted by atomic mass is 32.2. The molecule has 1 N–H and O–H groups in total. The monoisotopic (exact) mass is 232 g/mol. The van der Waals surface area contributed by atoms with Crippen LogP contribution in [0.2, 0.25) is 0 Å². The number of carbonyl (C=O) groups excluding carboxylic acids is 1. The van der Waals surface area contributed by atoms with Gasteiger partial charge in [0, 0.05) is 0 Å².